The first-order chi connectivity index (χ1) is 18.1. The van der Waals surface area contributed by atoms with Crippen LogP contribution in [0.4, 0.5) is 13.2 Å². The summed E-state index contributed by atoms with van der Waals surface area (Å²) in [5.74, 6) is -1.69. The number of pyridine rings is 1. The Bertz CT molecular complexity index is 1450. The second kappa shape index (κ2) is 8.43. The van der Waals surface area contributed by atoms with Gasteiger partial charge in [-0.15, -0.1) is 0 Å². The van der Waals surface area contributed by atoms with Crippen LogP contribution < -0.4 is 9.47 Å². The number of carbonyl (C=O) groups is 1. The molecular formula is C24H22F3N3O3. The highest BCUT2D eigenvalue weighted by Crippen LogP contribution is 2.42. The molecule has 1 saturated carbocycles. The van der Waals surface area contributed by atoms with Crippen molar-refractivity contribution < 1.29 is 35.7 Å². The van der Waals surface area contributed by atoms with Gasteiger partial charge >= 0.3 is 6.61 Å². The van der Waals surface area contributed by atoms with E-state index in [1.165, 1.54) is 43.6 Å². The smallest absolute Gasteiger partial charge is 0.387 e. The standard InChI is InChI=1S/C24H22F3N3O3/c1-24(2,12-28)15-4-5-18-16(10-29-30(18)11-15)13-8-20(32-3)22(21(9-13)33-23(26)27)19(31)7-14-6-17(14)25/h4-5,8-11,14,17,23H,6-7H2,1-3H3/t14-,17-/m0/s1/i1D3,2D3. The Hall–Kier alpha value is -3.54. The van der Waals surface area contributed by atoms with Crippen molar-refractivity contribution in [3.63, 3.8) is 0 Å². The van der Waals surface area contributed by atoms with E-state index in [9.17, 15) is 23.2 Å². The van der Waals surface area contributed by atoms with Gasteiger partial charge in [0, 0.05) is 32.3 Å². The van der Waals surface area contributed by atoms with Crippen LogP contribution in [-0.4, -0.2) is 35.3 Å². The van der Waals surface area contributed by atoms with Gasteiger partial charge in [-0.2, -0.15) is 19.1 Å². The molecule has 0 bridgehead atoms. The van der Waals surface area contributed by atoms with Gasteiger partial charge in [0.25, 0.3) is 0 Å². The lowest BCUT2D eigenvalue weighted by molar-refractivity contribution is -0.0502. The van der Waals surface area contributed by atoms with Crippen molar-refractivity contribution in [2.75, 3.05) is 7.11 Å². The summed E-state index contributed by atoms with van der Waals surface area (Å²) in [6.07, 6.45) is 1.29. The van der Waals surface area contributed by atoms with Crippen LogP contribution in [0.3, 0.4) is 0 Å². The highest BCUT2D eigenvalue weighted by Gasteiger charge is 2.40. The minimum atomic E-state index is -3.28. The minimum absolute atomic E-state index is 0.0894. The first-order valence-electron chi connectivity index (χ1n) is 12.9. The summed E-state index contributed by atoms with van der Waals surface area (Å²) in [6, 6.07) is 6.55. The highest BCUT2D eigenvalue weighted by atomic mass is 19.3. The molecule has 9 heteroatoms. The van der Waals surface area contributed by atoms with Gasteiger partial charge in [-0.1, -0.05) is 6.07 Å². The molecule has 2 atom stereocenters. The molecule has 0 aliphatic heterocycles. The molecule has 1 aromatic carbocycles. The van der Waals surface area contributed by atoms with Gasteiger partial charge < -0.3 is 9.47 Å². The fourth-order valence-corrected chi connectivity index (χ4v) is 3.63. The summed E-state index contributed by atoms with van der Waals surface area (Å²) < 4.78 is 97.8. The third kappa shape index (κ3) is 4.38. The van der Waals surface area contributed by atoms with E-state index in [4.69, 9.17) is 13.0 Å². The Morgan fingerprint density at radius 1 is 1.39 bits per heavy atom. The van der Waals surface area contributed by atoms with E-state index >= 15 is 0 Å². The second-order valence-electron chi connectivity index (χ2n) is 7.74. The summed E-state index contributed by atoms with van der Waals surface area (Å²) in [7, 11) is 1.23. The molecule has 1 aliphatic rings. The van der Waals surface area contributed by atoms with E-state index in [1.54, 1.807) is 0 Å². The molecule has 4 rings (SSSR count). The van der Waals surface area contributed by atoms with Gasteiger partial charge in [-0.05, 0) is 49.5 Å². The van der Waals surface area contributed by atoms with Crippen molar-refractivity contribution in [2.45, 2.75) is 44.7 Å². The third-order valence-electron chi connectivity index (χ3n) is 5.49. The van der Waals surface area contributed by atoms with E-state index in [-0.39, 0.29) is 35.3 Å². The lowest BCUT2D eigenvalue weighted by Crippen LogP contribution is -2.14. The van der Waals surface area contributed by atoms with Crippen LogP contribution in [-0.2, 0) is 5.41 Å². The van der Waals surface area contributed by atoms with Crippen molar-refractivity contribution in [3.8, 4) is 28.7 Å². The monoisotopic (exact) mass is 463 g/mol. The predicted octanol–water partition coefficient (Wildman–Crippen LogP) is 5.34. The van der Waals surface area contributed by atoms with Crippen LogP contribution in [0.25, 0.3) is 16.6 Å². The van der Waals surface area contributed by atoms with Crippen LogP contribution in [0.15, 0.2) is 36.7 Å². The zero-order valence-electron chi connectivity index (χ0n) is 23.3. The average molecular weight is 463 g/mol. The molecule has 3 aromatic rings. The number of carbonyl (C=O) groups excluding carboxylic acids is 1. The van der Waals surface area contributed by atoms with Gasteiger partial charge in [0.05, 0.1) is 30.3 Å². The van der Waals surface area contributed by atoms with E-state index in [2.05, 4.69) is 9.84 Å². The minimum Gasteiger partial charge on any atom is -0.496 e. The number of benzene rings is 1. The third-order valence-corrected chi connectivity index (χ3v) is 5.49. The number of nitrogens with zero attached hydrogens (tertiary/aromatic N) is 3. The zero-order valence-corrected chi connectivity index (χ0v) is 17.3. The van der Waals surface area contributed by atoms with Crippen molar-refractivity contribution in [2.24, 2.45) is 5.92 Å². The van der Waals surface area contributed by atoms with Gasteiger partial charge in [-0.3, -0.25) is 4.79 Å². The summed E-state index contributed by atoms with van der Waals surface area (Å²) in [5, 5.41) is 13.9. The van der Waals surface area contributed by atoms with E-state index in [0.29, 0.717) is 11.1 Å². The van der Waals surface area contributed by atoms with Crippen LogP contribution in [0.5, 0.6) is 11.5 Å². The number of nitriles is 1. The molecule has 2 heterocycles. The van der Waals surface area contributed by atoms with Crippen molar-refractivity contribution in [1.82, 2.24) is 9.61 Å². The molecule has 33 heavy (non-hydrogen) atoms. The van der Waals surface area contributed by atoms with E-state index < -0.39 is 49.4 Å². The summed E-state index contributed by atoms with van der Waals surface area (Å²) in [4.78, 5) is 12.8. The molecular weight excluding hydrogens is 435 g/mol. The predicted molar refractivity (Wildman–Crippen MR) is 114 cm³/mol. The molecule has 2 aromatic heterocycles. The lowest BCUT2D eigenvalue weighted by atomic mass is 9.87. The Kier molecular flexibility index (Phi) is 4.12. The number of rotatable bonds is 8. The quantitative estimate of drug-likeness (QED) is 0.421. The van der Waals surface area contributed by atoms with Crippen LogP contribution in [0.2, 0.25) is 0 Å². The Morgan fingerprint density at radius 2 is 2.12 bits per heavy atom. The maximum Gasteiger partial charge on any atom is 0.387 e. The molecule has 1 aliphatic carbocycles. The van der Waals surface area contributed by atoms with E-state index in [0.717, 1.165) is 10.7 Å². The number of hydrogen-bond donors (Lipinski definition) is 0. The SMILES string of the molecule is [2H]C([2H])([2H])C(C#N)(c1ccc2c(-c3cc(OC)c(C(=O)C[C@@H]4C[C@@H]4F)c(OC(F)F)c3)cnn2c1)C([2H])([2H])[2H]. The first-order valence-corrected chi connectivity index (χ1v) is 9.88. The zero-order chi connectivity index (χ0) is 28.9. The number of fused-ring (bicyclic) bond motifs is 1. The fraction of sp³-hybridized carbons (Fsp3) is 0.375. The Morgan fingerprint density at radius 3 is 2.73 bits per heavy atom. The molecule has 0 saturated heterocycles. The average Bonchev–Trinajstić information content (AvgIpc) is 3.34. The largest absolute Gasteiger partial charge is 0.496 e. The Balaban J connectivity index is 1.84. The molecule has 0 N–H and O–H groups in total. The number of Topliss-reactive ketones (excluding diaryl/α,β-unsaturated/α-hetero) is 1. The number of aromatic nitrogens is 2. The number of hydrogen-bond acceptors (Lipinski definition) is 5. The molecule has 0 amide bonds. The number of methoxy groups -OCH3 is 1. The molecule has 1 fully saturated rings. The number of alkyl halides is 3. The molecule has 0 radical (unpaired) electrons. The van der Waals surface area contributed by atoms with Crippen molar-refractivity contribution >= 4 is 11.3 Å². The van der Waals surface area contributed by atoms with Crippen molar-refractivity contribution in [1.29, 1.82) is 5.26 Å². The normalized spacial score (nSPS) is 21.2. The maximum atomic E-state index is 13.4. The first kappa shape index (κ1) is 16.1. The molecule has 172 valence electrons. The van der Waals surface area contributed by atoms with Gasteiger partial charge in [0.1, 0.15) is 23.2 Å². The number of halogens is 3. The van der Waals surface area contributed by atoms with Crippen molar-refractivity contribution in [3.05, 3.63) is 47.8 Å². The van der Waals surface area contributed by atoms with Crippen LogP contribution in [0.1, 0.15) is 50.7 Å². The van der Waals surface area contributed by atoms with Gasteiger partial charge in [-0.25, -0.2) is 8.91 Å². The molecule has 0 unspecified atom stereocenters. The molecule has 6 nitrogen and oxygen atoms in total. The van der Waals surface area contributed by atoms with Crippen LogP contribution in [0, 0.1) is 17.2 Å². The number of ketones is 1. The topological polar surface area (TPSA) is 76.6 Å². The molecule has 0 spiro atoms. The highest BCUT2D eigenvalue weighted by molar-refractivity contribution is 6.03. The summed E-state index contributed by atoms with van der Waals surface area (Å²) in [5.41, 5.74) is -2.58. The second-order valence-corrected chi connectivity index (χ2v) is 7.74. The number of ether oxygens (including phenoxy) is 2. The summed E-state index contributed by atoms with van der Waals surface area (Å²) >= 11 is 0. The fourth-order valence-electron chi connectivity index (χ4n) is 3.63. The van der Waals surface area contributed by atoms with Gasteiger partial charge in [0.15, 0.2) is 5.78 Å². The lowest BCUT2D eigenvalue weighted by Gasteiger charge is -2.16. The van der Waals surface area contributed by atoms with Crippen LogP contribution >= 0.6 is 0 Å². The van der Waals surface area contributed by atoms with E-state index in [1.807, 2.05) is 0 Å². The Labute approximate surface area is 197 Å². The summed E-state index contributed by atoms with van der Waals surface area (Å²) in [6.45, 7) is -9.70. The maximum absolute atomic E-state index is 13.4. The van der Waals surface area contributed by atoms with Gasteiger partial charge in [0.2, 0.25) is 0 Å².